The molecule has 3 rings (SSSR count). The van der Waals surface area contributed by atoms with Crippen molar-refractivity contribution in [2.24, 2.45) is 0 Å². The second kappa shape index (κ2) is 13.0. The van der Waals surface area contributed by atoms with Crippen LogP contribution in [-0.2, 0) is 30.5 Å². The minimum Gasteiger partial charge on any atom is -0.376 e. The summed E-state index contributed by atoms with van der Waals surface area (Å²) in [7, 11) is 3.72. The zero-order valence-electron chi connectivity index (χ0n) is 18.6. The third-order valence-corrected chi connectivity index (χ3v) is 5.26. The number of carbonyl (C=O) groups excluding carboxylic acids is 1. The van der Waals surface area contributed by atoms with Crippen molar-refractivity contribution in [1.82, 2.24) is 20.1 Å². The number of hydrogen-bond acceptors (Lipinski definition) is 5. The lowest BCUT2D eigenvalue weighted by Gasteiger charge is -2.27. The highest BCUT2D eigenvalue weighted by atomic mass is 35.5. The summed E-state index contributed by atoms with van der Waals surface area (Å²) in [5.41, 5.74) is 2.32. The number of likely N-dealkylation sites (N-methyl/N-ethyl adjacent to an activating group) is 1. The number of nitrogens with one attached hydrogen (secondary N) is 2. The zero-order valence-corrected chi connectivity index (χ0v) is 20.2. The summed E-state index contributed by atoms with van der Waals surface area (Å²) in [4.78, 5) is 19.8. The van der Waals surface area contributed by atoms with Gasteiger partial charge in [-0.1, -0.05) is 18.2 Å². The van der Waals surface area contributed by atoms with Gasteiger partial charge in [-0.05, 0) is 50.3 Å². The molecule has 2 N–H and O–H groups in total. The molecular weight excluding hydrogens is 478 g/mol. The quantitative estimate of drug-likeness (QED) is 0.571. The van der Waals surface area contributed by atoms with Gasteiger partial charge in [0.05, 0.1) is 6.54 Å². The number of alkyl halides is 3. The first-order chi connectivity index (χ1) is 14.8. The van der Waals surface area contributed by atoms with Gasteiger partial charge in [-0.2, -0.15) is 13.2 Å². The van der Waals surface area contributed by atoms with E-state index in [1.165, 1.54) is 28.2 Å². The number of halogens is 5. The number of amides is 1. The van der Waals surface area contributed by atoms with Gasteiger partial charge in [0.15, 0.2) is 0 Å². The minimum atomic E-state index is -4.57. The SMILES string of the molecule is CN(C)CCN(Cc1cccnc1C(F)(F)F)C(=O)CNc1cccc2c1CCNC2.Cl.Cl. The molecule has 1 aliphatic rings. The van der Waals surface area contributed by atoms with Gasteiger partial charge in [-0.25, -0.2) is 0 Å². The van der Waals surface area contributed by atoms with E-state index < -0.39 is 11.9 Å². The van der Waals surface area contributed by atoms with Crippen LogP contribution in [0.15, 0.2) is 36.5 Å². The van der Waals surface area contributed by atoms with Crippen molar-refractivity contribution in [1.29, 1.82) is 0 Å². The van der Waals surface area contributed by atoms with E-state index in [-0.39, 0.29) is 49.4 Å². The summed E-state index contributed by atoms with van der Waals surface area (Å²) >= 11 is 0. The third-order valence-electron chi connectivity index (χ3n) is 5.26. The van der Waals surface area contributed by atoms with E-state index in [9.17, 15) is 18.0 Å². The van der Waals surface area contributed by atoms with Crippen LogP contribution in [0.1, 0.15) is 22.4 Å². The van der Waals surface area contributed by atoms with Gasteiger partial charge in [0.1, 0.15) is 5.69 Å². The Bertz CT molecular complexity index is 912. The molecule has 0 unspecified atom stereocenters. The summed E-state index contributed by atoms with van der Waals surface area (Å²) < 4.78 is 40.1. The second-order valence-electron chi connectivity index (χ2n) is 7.85. The molecule has 1 aromatic carbocycles. The van der Waals surface area contributed by atoms with E-state index in [1.807, 2.05) is 31.1 Å². The number of pyridine rings is 1. The van der Waals surface area contributed by atoms with Gasteiger partial charge < -0.3 is 20.4 Å². The normalized spacial score (nSPS) is 12.9. The van der Waals surface area contributed by atoms with Crippen LogP contribution in [0.2, 0.25) is 0 Å². The van der Waals surface area contributed by atoms with Crippen LogP contribution in [-0.4, -0.2) is 61.0 Å². The maximum absolute atomic E-state index is 13.4. The van der Waals surface area contributed by atoms with Gasteiger partial charge in [0.25, 0.3) is 0 Å². The molecule has 2 aromatic rings. The van der Waals surface area contributed by atoms with Crippen LogP contribution in [0.5, 0.6) is 0 Å². The Morgan fingerprint density at radius 3 is 2.61 bits per heavy atom. The Hall–Kier alpha value is -2.07. The molecule has 0 spiro atoms. The largest absolute Gasteiger partial charge is 0.433 e. The first-order valence-electron chi connectivity index (χ1n) is 10.2. The minimum absolute atomic E-state index is 0. The fourth-order valence-electron chi connectivity index (χ4n) is 3.62. The molecule has 1 aliphatic heterocycles. The number of carbonyl (C=O) groups is 1. The molecule has 0 atom stereocenters. The number of rotatable bonds is 8. The number of anilines is 1. The summed E-state index contributed by atoms with van der Waals surface area (Å²) in [6, 6.07) is 8.76. The van der Waals surface area contributed by atoms with Gasteiger partial charge in [-0.15, -0.1) is 24.8 Å². The van der Waals surface area contributed by atoms with Crippen molar-refractivity contribution in [3.63, 3.8) is 0 Å². The van der Waals surface area contributed by atoms with E-state index in [0.29, 0.717) is 13.1 Å². The number of hydrogen-bond donors (Lipinski definition) is 2. The number of fused-ring (bicyclic) bond motifs is 1. The van der Waals surface area contributed by atoms with E-state index in [0.717, 1.165) is 31.4 Å². The summed E-state index contributed by atoms with van der Waals surface area (Å²) in [5, 5.41) is 6.52. The third kappa shape index (κ3) is 8.03. The van der Waals surface area contributed by atoms with E-state index >= 15 is 0 Å². The highest BCUT2D eigenvalue weighted by molar-refractivity contribution is 5.85. The highest BCUT2D eigenvalue weighted by Crippen LogP contribution is 2.30. The average Bonchev–Trinajstić information content (AvgIpc) is 2.74. The molecule has 1 aromatic heterocycles. The standard InChI is InChI=1S/C22H28F3N5O.2ClH/c1-29(2)11-12-30(15-17-6-4-9-27-21(17)22(23,24)25)20(31)14-28-19-7-3-5-16-13-26-10-8-18(16)19;;/h3-7,9,26,28H,8,10-15H2,1-2H3;2*1H. The highest BCUT2D eigenvalue weighted by Gasteiger charge is 2.35. The predicted octanol–water partition coefficient (Wildman–Crippen LogP) is 3.59. The molecule has 184 valence electrons. The zero-order chi connectivity index (χ0) is 22.4. The average molecular weight is 508 g/mol. The molecule has 6 nitrogen and oxygen atoms in total. The van der Waals surface area contributed by atoms with Gasteiger partial charge in [0, 0.05) is 43.6 Å². The van der Waals surface area contributed by atoms with Crippen LogP contribution in [0.3, 0.4) is 0 Å². The number of aromatic nitrogens is 1. The first-order valence-corrected chi connectivity index (χ1v) is 10.2. The monoisotopic (exact) mass is 507 g/mol. The van der Waals surface area contributed by atoms with Crippen molar-refractivity contribution in [3.8, 4) is 0 Å². The van der Waals surface area contributed by atoms with Crippen molar-refractivity contribution < 1.29 is 18.0 Å². The van der Waals surface area contributed by atoms with E-state index in [1.54, 1.807) is 0 Å². The Morgan fingerprint density at radius 2 is 1.91 bits per heavy atom. The molecule has 0 bridgehead atoms. The van der Waals surface area contributed by atoms with Crippen LogP contribution < -0.4 is 10.6 Å². The maximum Gasteiger partial charge on any atom is 0.433 e. The van der Waals surface area contributed by atoms with Gasteiger partial charge in [0.2, 0.25) is 5.91 Å². The smallest absolute Gasteiger partial charge is 0.376 e. The summed E-state index contributed by atoms with van der Waals surface area (Å²) in [6.45, 7) is 2.38. The van der Waals surface area contributed by atoms with E-state index in [2.05, 4.69) is 21.7 Å². The fourth-order valence-corrected chi connectivity index (χ4v) is 3.62. The molecule has 1 amide bonds. The second-order valence-corrected chi connectivity index (χ2v) is 7.85. The maximum atomic E-state index is 13.4. The molecule has 0 radical (unpaired) electrons. The molecular formula is C22H30Cl2F3N5O. The van der Waals surface area contributed by atoms with Gasteiger partial charge >= 0.3 is 6.18 Å². The van der Waals surface area contributed by atoms with Crippen LogP contribution >= 0.6 is 24.8 Å². The summed E-state index contributed by atoms with van der Waals surface area (Å²) in [5.74, 6) is -0.259. The molecule has 0 fully saturated rings. The van der Waals surface area contributed by atoms with Crippen molar-refractivity contribution in [3.05, 3.63) is 58.9 Å². The van der Waals surface area contributed by atoms with Crippen LogP contribution in [0, 0.1) is 0 Å². The molecule has 0 aliphatic carbocycles. The molecule has 0 saturated carbocycles. The van der Waals surface area contributed by atoms with E-state index in [4.69, 9.17) is 0 Å². The summed E-state index contributed by atoms with van der Waals surface area (Å²) in [6.07, 6.45) is -2.59. The molecule has 2 heterocycles. The van der Waals surface area contributed by atoms with Crippen molar-refractivity contribution in [2.45, 2.75) is 25.7 Å². The Kier molecular flexibility index (Phi) is 11.4. The van der Waals surface area contributed by atoms with Crippen molar-refractivity contribution in [2.75, 3.05) is 45.6 Å². The van der Waals surface area contributed by atoms with Crippen molar-refractivity contribution >= 4 is 36.4 Å². The lowest BCUT2D eigenvalue weighted by molar-refractivity contribution is -0.143. The lowest BCUT2D eigenvalue weighted by atomic mass is 9.99. The molecule has 11 heteroatoms. The Balaban J connectivity index is 0.00000272. The van der Waals surface area contributed by atoms with Crippen LogP contribution in [0.4, 0.5) is 18.9 Å². The topological polar surface area (TPSA) is 60.5 Å². The lowest BCUT2D eigenvalue weighted by Crippen LogP contribution is -2.40. The first kappa shape index (κ1) is 29.0. The van der Waals surface area contributed by atoms with Crippen LogP contribution in [0.25, 0.3) is 0 Å². The fraction of sp³-hybridized carbons (Fsp3) is 0.455. The Morgan fingerprint density at radius 1 is 1.15 bits per heavy atom. The predicted molar refractivity (Wildman–Crippen MR) is 128 cm³/mol. The molecule has 33 heavy (non-hydrogen) atoms. The number of benzene rings is 1. The Labute approximate surface area is 204 Å². The molecule has 0 saturated heterocycles. The number of nitrogens with zero attached hydrogens (tertiary/aromatic N) is 3. The van der Waals surface area contributed by atoms with Gasteiger partial charge in [-0.3, -0.25) is 9.78 Å².